The Hall–Kier alpha value is -2.15. The van der Waals surface area contributed by atoms with Gasteiger partial charge in [-0.15, -0.1) is 11.3 Å². The van der Waals surface area contributed by atoms with E-state index >= 15 is 0 Å². The molecule has 0 bridgehead atoms. The van der Waals surface area contributed by atoms with Gasteiger partial charge in [0.05, 0.1) is 12.9 Å². The van der Waals surface area contributed by atoms with Crippen LogP contribution < -0.4 is 5.32 Å². The zero-order chi connectivity index (χ0) is 18.2. The van der Waals surface area contributed by atoms with Crippen LogP contribution in [0.3, 0.4) is 0 Å². The van der Waals surface area contributed by atoms with Gasteiger partial charge in [0.1, 0.15) is 6.04 Å². The topological polar surface area (TPSA) is 78.1 Å². The molecular weight excluding hydrogens is 336 g/mol. The number of rotatable bonds is 9. The maximum atomic E-state index is 13.1. The number of nitrogens with zero attached hydrogens (tertiary/aromatic N) is 2. The lowest BCUT2D eigenvalue weighted by Gasteiger charge is -2.27. The lowest BCUT2D eigenvalue weighted by Crippen LogP contribution is -2.49. The molecule has 1 atom stereocenters. The zero-order valence-electron chi connectivity index (χ0n) is 15.0. The quantitative estimate of drug-likeness (QED) is 0.720. The highest BCUT2D eigenvalue weighted by Gasteiger charge is 2.26. The summed E-state index contributed by atoms with van der Waals surface area (Å²) < 4.78 is 0. The highest BCUT2D eigenvalue weighted by Crippen LogP contribution is 2.19. The molecule has 2 rings (SSSR count). The van der Waals surface area contributed by atoms with Gasteiger partial charge in [-0.2, -0.15) is 0 Å². The van der Waals surface area contributed by atoms with Gasteiger partial charge in [0.15, 0.2) is 0 Å². The largest absolute Gasteiger partial charge is 0.348 e. The predicted octanol–water partition coefficient (Wildman–Crippen LogP) is 2.66. The van der Waals surface area contributed by atoms with Crippen molar-refractivity contribution in [1.82, 2.24) is 20.2 Å². The maximum Gasteiger partial charge on any atom is 0.245 e. The molecule has 2 N–H and O–H groups in total. The summed E-state index contributed by atoms with van der Waals surface area (Å²) in [6.45, 7) is 6.87. The third kappa shape index (κ3) is 5.70. The fourth-order valence-electron chi connectivity index (χ4n) is 2.64. The van der Waals surface area contributed by atoms with E-state index in [-0.39, 0.29) is 11.8 Å². The minimum absolute atomic E-state index is 0.0500. The van der Waals surface area contributed by atoms with E-state index in [1.807, 2.05) is 10.3 Å². The van der Waals surface area contributed by atoms with Gasteiger partial charge < -0.3 is 15.2 Å². The van der Waals surface area contributed by atoms with Crippen LogP contribution in [-0.2, 0) is 22.6 Å². The molecule has 25 heavy (non-hydrogen) atoms. The summed E-state index contributed by atoms with van der Waals surface area (Å²) >= 11 is 1.66. The lowest BCUT2D eigenvalue weighted by molar-refractivity contribution is -0.136. The molecule has 0 aliphatic carbocycles. The fraction of sp³-hybridized carbons (Fsp3) is 0.500. The molecule has 0 unspecified atom stereocenters. The monoisotopic (exact) mass is 362 g/mol. The minimum atomic E-state index is -0.588. The number of hydrogen-bond acceptors (Lipinski definition) is 4. The minimum Gasteiger partial charge on any atom is -0.348 e. The van der Waals surface area contributed by atoms with Crippen LogP contribution in [0.25, 0.3) is 0 Å². The van der Waals surface area contributed by atoms with Crippen molar-refractivity contribution in [2.24, 2.45) is 0 Å². The standard InChI is InChI=1S/C18H26N4O2S/c1-4-5-7-22(11-17-13(2)6-8-25-17)18(24)16(21-14(3)23)9-15-10-19-12-20-15/h6,8,10,12,16H,4-5,7,9,11H2,1-3H3,(H,19,20)(H,21,23)/t16-/m0/s1. The van der Waals surface area contributed by atoms with Crippen molar-refractivity contribution in [3.63, 3.8) is 0 Å². The van der Waals surface area contributed by atoms with Crippen molar-refractivity contribution in [3.8, 4) is 0 Å². The van der Waals surface area contributed by atoms with E-state index in [9.17, 15) is 9.59 Å². The first kappa shape index (κ1) is 19.2. The number of amides is 2. The van der Waals surface area contributed by atoms with Gasteiger partial charge in [-0.1, -0.05) is 13.3 Å². The Labute approximate surface area is 152 Å². The molecule has 7 heteroatoms. The second-order valence-electron chi connectivity index (χ2n) is 6.17. The van der Waals surface area contributed by atoms with Crippen molar-refractivity contribution in [2.45, 2.75) is 52.6 Å². The highest BCUT2D eigenvalue weighted by molar-refractivity contribution is 7.10. The first-order valence-corrected chi connectivity index (χ1v) is 9.45. The number of imidazole rings is 1. The molecule has 2 aromatic heterocycles. The Morgan fingerprint density at radius 2 is 2.24 bits per heavy atom. The molecule has 2 heterocycles. The fourth-order valence-corrected chi connectivity index (χ4v) is 3.56. The second-order valence-corrected chi connectivity index (χ2v) is 7.17. The molecule has 0 fully saturated rings. The van der Waals surface area contributed by atoms with E-state index < -0.39 is 6.04 Å². The van der Waals surface area contributed by atoms with E-state index in [1.54, 1.807) is 23.9 Å². The van der Waals surface area contributed by atoms with Crippen LogP contribution in [0.1, 0.15) is 42.8 Å². The Morgan fingerprint density at radius 1 is 1.44 bits per heavy atom. The van der Waals surface area contributed by atoms with Gasteiger partial charge in [0.2, 0.25) is 11.8 Å². The molecule has 2 amide bonds. The summed E-state index contributed by atoms with van der Waals surface area (Å²) in [7, 11) is 0. The molecule has 0 saturated heterocycles. The molecule has 2 aromatic rings. The number of carbonyl (C=O) groups is 2. The summed E-state index contributed by atoms with van der Waals surface area (Å²) in [6.07, 6.45) is 5.62. The molecule has 0 saturated carbocycles. The lowest BCUT2D eigenvalue weighted by atomic mass is 10.1. The summed E-state index contributed by atoms with van der Waals surface area (Å²) in [5.41, 5.74) is 2.03. The van der Waals surface area contributed by atoms with E-state index in [2.05, 4.69) is 35.2 Å². The predicted molar refractivity (Wildman–Crippen MR) is 99.3 cm³/mol. The van der Waals surface area contributed by atoms with Crippen LogP contribution in [-0.4, -0.2) is 39.3 Å². The first-order chi connectivity index (χ1) is 12.0. The summed E-state index contributed by atoms with van der Waals surface area (Å²) in [6, 6.07) is 1.48. The number of hydrogen-bond donors (Lipinski definition) is 2. The van der Waals surface area contributed by atoms with Gasteiger partial charge in [-0.3, -0.25) is 9.59 Å². The first-order valence-electron chi connectivity index (χ1n) is 8.57. The molecular formula is C18H26N4O2S. The normalized spacial score (nSPS) is 12.0. The maximum absolute atomic E-state index is 13.1. The number of aryl methyl sites for hydroxylation is 1. The third-order valence-electron chi connectivity index (χ3n) is 4.05. The van der Waals surface area contributed by atoms with Crippen molar-refractivity contribution in [2.75, 3.05) is 6.54 Å². The number of thiophene rings is 1. The summed E-state index contributed by atoms with van der Waals surface area (Å²) in [5, 5.41) is 4.84. The van der Waals surface area contributed by atoms with Gasteiger partial charge >= 0.3 is 0 Å². The number of carbonyl (C=O) groups excluding carboxylic acids is 2. The van der Waals surface area contributed by atoms with Gasteiger partial charge in [0.25, 0.3) is 0 Å². The van der Waals surface area contributed by atoms with E-state index in [4.69, 9.17) is 0 Å². The number of aromatic nitrogens is 2. The highest BCUT2D eigenvalue weighted by atomic mass is 32.1. The number of nitrogens with one attached hydrogen (secondary N) is 2. The molecule has 0 aliphatic heterocycles. The number of H-pyrrole nitrogens is 1. The van der Waals surface area contributed by atoms with Crippen LogP contribution in [0.5, 0.6) is 0 Å². The van der Waals surface area contributed by atoms with E-state index in [0.29, 0.717) is 19.5 Å². The van der Waals surface area contributed by atoms with Crippen molar-refractivity contribution < 1.29 is 9.59 Å². The Morgan fingerprint density at radius 3 is 2.80 bits per heavy atom. The Balaban J connectivity index is 2.16. The number of unbranched alkanes of at least 4 members (excludes halogenated alkanes) is 1. The average Bonchev–Trinajstić information content (AvgIpc) is 3.22. The second kappa shape index (κ2) is 9.36. The van der Waals surface area contributed by atoms with Crippen molar-refractivity contribution >= 4 is 23.2 Å². The molecule has 0 spiro atoms. The van der Waals surface area contributed by atoms with Crippen molar-refractivity contribution in [1.29, 1.82) is 0 Å². The van der Waals surface area contributed by atoms with Crippen LogP contribution in [0.15, 0.2) is 24.0 Å². The summed E-state index contributed by atoms with van der Waals surface area (Å²) in [5.74, 6) is -0.258. The van der Waals surface area contributed by atoms with Crippen LogP contribution in [0.4, 0.5) is 0 Å². The van der Waals surface area contributed by atoms with Gasteiger partial charge in [0, 0.05) is 36.7 Å². The van der Waals surface area contributed by atoms with E-state index in [0.717, 1.165) is 18.5 Å². The SMILES string of the molecule is CCCCN(Cc1sccc1C)C(=O)[C@H](Cc1cnc[nH]1)NC(C)=O. The van der Waals surface area contributed by atoms with Gasteiger partial charge in [-0.05, 0) is 30.4 Å². The van der Waals surface area contributed by atoms with Crippen LogP contribution in [0.2, 0.25) is 0 Å². The Kier molecular flexibility index (Phi) is 7.18. The summed E-state index contributed by atoms with van der Waals surface area (Å²) in [4.78, 5) is 34.8. The number of aromatic amines is 1. The molecule has 0 radical (unpaired) electrons. The molecule has 136 valence electrons. The van der Waals surface area contributed by atoms with Crippen LogP contribution >= 0.6 is 11.3 Å². The van der Waals surface area contributed by atoms with Crippen LogP contribution in [0, 0.1) is 6.92 Å². The van der Waals surface area contributed by atoms with E-state index in [1.165, 1.54) is 17.4 Å². The average molecular weight is 362 g/mol. The molecule has 0 aromatic carbocycles. The van der Waals surface area contributed by atoms with Crippen molar-refractivity contribution in [3.05, 3.63) is 40.1 Å². The van der Waals surface area contributed by atoms with Gasteiger partial charge in [-0.25, -0.2) is 4.98 Å². The molecule has 6 nitrogen and oxygen atoms in total. The zero-order valence-corrected chi connectivity index (χ0v) is 15.9. The smallest absolute Gasteiger partial charge is 0.245 e. The third-order valence-corrected chi connectivity index (χ3v) is 5.06. The Bertz CT molecular complexity index is 681. The molecule has 0 aliphatic rings.